The first-order valence-corrected chi connectivity index (χ1v) is 20.4. The van der Waals surface area contributed by atoms with E-state index in [2.05, 4.69) is 178 Å². The number of rotatable bonds is 4. The summed E-state index contributed by atoms with van der Waals surface area (Å²) in [6, 6.07) is 52.5. The summed E-state index contributed by atoms with van der Waals surface area (Å²) in [5, 5.41) is 7.35. The third-order valence-corrected chi connectivity index (χ3v) is 13.6. The molecule has 1 aliphatic rings. The van der Waals surface area contributed by atoms with Crippen molar-refractivity contribution < 1.29 is 0 Å². The summed E-state index contributed by atoms with van der Waals surface area (Å²) >= 11 is 1.80. The molecule has 0 spiro atoms. The maximum atomic E-state index is 5.25. The van der Waals surface area contributed by atoms with Crippen LogP contribution in [0.25, 0.3) is 92.6 Å². The van der Waals surface area contributed by atoms with Crippen LogP contribution in [0.3, 0.4) is 0 Å². The van der Waals surface area contributed by atoms with Gasteiger partial charge in [0, 0.05) is 53.3 Å². The van der Waals surface area contributed by atoms with E-state index in [1.807, 2.05) is 0 Å². The minimum atomic E-state index is 0.114. The van der Waals surface area contributed by atoms with Crippen LogP contribution >= 0.6 is 11.3 Å². The highest BCUT2D eigenvalue weighted by atomic mass is 32.1. The topological polar surface area (TPSA) is 43.6 Å². The van der Waals surface area contributed by atoms with Gasteiger partial charge in [0.05, 0.1) is 11.0 Å². The highest BCUT2D eigenvalue weighted by Gasteiger charge is 2.38. The Balaban J connectivity index is 1.10. The number of thiophene rings is 1. The smallest absolute Gasteiger partial charge is 0.165 e. The zero-order chi connectivity index (χ0) is 37.8. The van der Waals surface area contributed by atoms with Crippen molar-refractivity contribution >= 4 is 64.1 Å². The van der Waals surface area contributed by atoms with Crippen molar-refractivity contribution in [2.24, 2.45) is 0 Å². The van der Waals surface area contributed by atoms with Crippen LogP contribution in [0.2, 0.25) is 0 Å². The Morgan fingerprint density at radius 3 is 1.88 bits per heavy atom. The lowest BCUT2D eigenvalue weighted by atomic mass is 9.63. The van der Waals surface area contributed by atoms with Gasteiger partial charge in [-0.3, -0.25) is 0 Å². The van der Waals surface area contributed by atoms with E-state index in [0.29, 0.717) is 17.5 Å². The van der Waals surface area contributed by atoms with Gasteiger partial charge in [0.25, 0.3) is 0 Å². The Bertz CT molecular complexity index is 3200. The van der Waals surface area contributed by atoms with Gasteiger partial charge in [0.2, 0.25) is 0 Å². The average Bonchev–Trinajstić information content (AvgIpc) is 3.77. The largest absolute Gasteiger partial charge is 0.309 e. The van der Waals surface area contributed by atoms with E-state index in [9.17, 15) is 0 Å². The summed E-state index contributed by atoms with van der Waals surface area (Å²) < 4.78 is 4.88. The number of hydrogen-bond acceptors (Lipinski definition) is 4. The molecule has 3 aromatic heterocycles. The Hall–Kier alpha value is -6.17. The quantitative estimate of drug-likeness (QED) is 0.180. The van der Waals surface area contributed by atoms with Gasteiger partial charge in [0.15, 0.2) is 17.5 Å². The van der Waals surface area contributed by atoms with Crippen molar-refractivity contribution in [1.82, 2.24) is 19.5 Å². The van der Waals surface area contributed by atoms with Crippen LogP contribution in [-0.4, -0.2) is 19.5 Å². The van der Waals surface area contributed by atoms with Gasteiger partial charge >= 0.3 is 0 Å². The fourth-order valence-corrected chi connectivity index (χ4v) is 10.4. The van der Waals surface area contributed by atoms with E-state index in [0.717, 1.165) is 33.2 Å². The second-order valence-electron chi connectivity index (χ2n) is 16.7. The molecule has 5 heteroatoms. The van der Waals surface area contributed by atoms with Crippen LogP contribution < -0.4 is 0 Å². The van der Waals surface area contributed by atoms with E-state index in [1.165, 1.54) is 65.9 Å². The molecule has 0 N–H and O–H groups in total. The molecule has 270 valence electrons. The van der Waals surface area contributed by atoms with Gasteiger partial charge in [-0.2, -0.15) is 0 Å². The normalized spacial score (nSPS) is 14.9. The van der Waals surface area contributed by atoms with Crippen molar-refractivity contribution in [2.45, 2.75) is 51.4 Å². The molecule has 0 aliphatic heterocycles. The van der Waals surface area contributed by atoms with E-state index < -0.39 is 0 Å². The standard InChI is InChI=1S/C51H40N4S/c1-50(2)27-28-51(3,4)42-30-44-40(29-41(42)50)35-16-7-9-21-43(35)55(44)33-25-23-32(24-26-33)47-52-48(38-19-11-14-31-13-5-6-15-34(31)38)54-49(53-47)39-20-12-18-37-36-17-8-10-22-45(36)56-46(37)39/h5-26,29-30H,27-28H2,1-4H3. The van der Waals surface area contributed by atoms with E-state index >= 15 is 0 Å². The fraction of sp³-hybridized carbons (Fsp3) is 0.157. The van der Waals surface area contributed by atoms with Gasteiger partial charge in [-0.25, -0.2) is 15.0 Å². The van der Waals surface area contributed by atoms with Crippen molar-refractivity contribution in [3.63, 3.8) is 0 Å². The molecule has 3 heterocycles. The van der Waals surface area contributed by atoms with Gasteiger partial charge in [-0.15, -0.1) is 11.3 Å². The molecular weight excluding hydrogens is 701 g/mol. The van der Waals surface area contributed by atoms with Gasteiger partial charge in [-0.05, 0) is 100 Å². The summed E-state index contributed by atoms with van der Waals surface area (Å²) in [5.74, 6) is 2.00. The molecule has 0 amide bonds. The third kappa shape index (κ3) is 5.07. The van der Waals surface area contributed by atoms with Crippen LogP contribution in [0.15, 0.2) is 146 Å². The molecule has 0 saturated carbocycles. The van der Waals surface area contributed by atoms with Crippen LogP contribution in [0, 0.1) is 0 Å². The molecule has 0 saturated heterocycles. The molecule has 1 aliphatic carbocycles. The first-order valence-electron chi connectivity index (χ1n) is 19.6. The summed E-state index contributed by atoms with van der Waals surface area (Å²) in [6.07, 6.45) is 2.37. The van der Waals surface area contributed by atoms with Crippen molar-refractivity contribution in [3.05, 3.63) is 157 Å². The van der Waals surface area contributed by atoms with Crippen LogP contribution in [-0.2, 0) is 10.8 Å². The number of para-hydroxylation sites is 1. The molecule has 4 nitrogen and oxygen atoms in total. The molecule has 0 bridgehead atoms. The fourth-order valence-electron chi connectivity index (χ4n) is 9.16. The number of nitrogens with zero attached hydrogens (tertiary/aromatic N) is 4. The first kappa shape index (κ1) is 33.2. The predicted octanol–water partition coefficient (Wildman–Crippen LogP) is 13.8. The molecule has 0 atom stereocenters. The summed E-state index contributed by atoms with van der Waals surface area (Å²) in [5.41, 5.74) is 9.75. The van der Waals surface area contributed by atoms with E-state index in [1.54, 1.807) is 11.3 Å². The molecule has 11 rings (SSSR count). The predicted molar refractivity (Wildman–Crippen MR) is 236 cm³/mol. The van der Waals surface area contributed by atoms with Gasteiger partial charge in [-0.1, -0.05) is 119 Å². The number of fused-ring (bicyclic) bond motifs is 8. The van der Waals surface area contributed by atoms with E-state index in [-0.39, 0.29) is 10.8 Å². The van der Waals surface area contributed by atoms with Crippen molar-refractivity contribution in [3.8, 4) is 39.9 Å². The van der Waals surface area contributed by atoms with E-state index in [4.69, 9.17) is 15.0 Å². The number of aromatic nitrogens is 4. The molecular formula is C51H40N4S. The Morgan fingerprint density at radius 2 is 1.07 bits per heavy atom. The molecule has 10 aromatic rings. The first-order chi connectivity index (χ1) is 27.2. The minimum Gasteiger partial charge on any atom is -0.309 e. The summed E-state index contributed by atoms with van der Waals surface area (Å²) in [6.45, 7) is 9.63. The van der Waals surface area contributed by atoms with Crippen molar-refractivity contribution in [1.29, 1.82) is 0 Å². The van der Waals surface area contributed by atoms with Crippen LogP contribution in [0.4, 0.5) is 0 Å². The van der Waals surface area contributed by atoms with Gasteiger partial charge < -0.3 is 4.57 Å². The highest BCUT2D eigenvalue weighted by Crippen LogP contribution is 2.48. The molecule has 0 unspecified atom stereocenters. The van der Waals surface area contributed by atoms with Crippen LogP contribution in [0.1, 0.15) is 51.7 Å². The maximum absolute atomic E-state index is 5.25. The Morgan fingerprint density at radius 1 is 0.482 bits per heavy atom. The maximum Gasteiger partial charge on any atom is 0.165 e. The Kier molecular flexibility index (Phi) is 7.21. The van der Waals surface area contributed by atoms with Crippen LogP contribution in [0.5, 0.6) is 0 Å². The lowest BCUT2D eigenvalue weighted by molar-refractivity contribution is 0.332. The minimum absolute atomic E-state index is 0.114. The molecule has 0 fully saturated rings. The molecule has 7 aromatic carbocycles. The zero-order valence-corrected chi connectivity index (χ0v) is 32.8. The molecule has 56 heavy (non-hydrogen) atoms. The second kappa shape index (κ2) is 12.2. The molecule has 0 radical (unpaired) electrons. The highest BCUT2D eigenvalue weighted by molar-refractivity contribution is 7.26. The number of benzene rings is 7. The monoisotopic (exact) mass is 740 g/mol. The lowest BCUT2D eigenvalue weighted by Gasteiger charge is -2.42. The average molecular weight is 741 g/mol. The summed E-state index contributed by atoms with van der Waals surface area (Å²) in [7, 11) is 0. The lowest BCUT2D eigenvalue weighted by Crippen LogP contribution is -2.33. The third-order valence-electron chi connectivity index (χ3n) is 12.3. The number of hydrogen-bond donors (Lipinski definition) is 0. The van der Waals surface area contributed by atoms with Crippen molar-refractivity contribution in [2.75, 3.05) is 0 Å². The SMILES string of the molecule is CC1(C)CCC(C)(C)c2cc3c(cc21)c1ccccc1n3-c1ccc(-c2nc(-c3cccc4ccccc34)nc(-c3cccc4c3sc3ccccc34)n2)cc1. The second-order valence-corrected chi connectivity index (χ2v) is 17.7. The van der Waals surface area contributed by atoms with Gasteiger partial charge in [0.1, 0.15) is 0 Å². The zero-order valence-electron chi connectivity index (χ0n) is 32.0. The Labute approximate surface area is 330 Å². The summed E-state index contributed by atoms with van der Waals surface area (Å²) in [4.78, 5) is 15.7.